The van der Waals surface area contributed by atoms with Gasteiger partial charge in [0.2, 0.25) is 0 Å². The molecule has 0 saturated heterocycles. The van der Waals surface area contributed by atoms with Crippen molar-refractivity contribution in [2.45, 2.75) is 13.8 Å². The minimum Gasteiger partial charge on any atom is -0.500 e. The second kappa shape index (κ2) is 4.64. The van der Waals surface area contributed by atoms with E-state index in [2.05, 4.69) is 0 Å². The van der Waals surface area contributed by atoms with Crippen LogP contribution < -0.4 is 0 Å². The van der Waals surface area contributed by atoms with Gasteiger partial charge in [0.05, 0.1) is 7.11 Å². The van der Waals surface area contributed by atoms with Crippen molar-refractivity contribution in [2.24, 2.45) is 0 Å². The Labute approximate surface area is 89.0 Å². The van der Waals surface area contributed by atoms with Crippen molar-refractivity contribution in [3.8, 4) is 0 Å². The summed E-state index contributed by atoms with van der Waals surface area (Å²) in [6, 6.07) is 7.34. The number of rotatable bonds is 3. The molecule has 80 valence electrons. The summed E-state index contributed by atoms with van der Waals surface area (Å²) in [6.07, 6.45) is 0. The summed E-state index contributed by atoms with van der Waals surface area (Å²) in [5.41, 5.74) is 1.84. The summed E-state index contributed by atoms with van der Waals surface area (Å²) in [6.45, 7) is 3.52. The van der Waals surface area contributed by atoms with E-state index in [1.54, 1.807) is 13.0 Å². The second-order valence-corrected chi connectivity index (χ2v) is 3.26. The van der Waals surface area contributed by atoms with Crippen LogP contribution in [0.5, 0.6) is 0 Å². The molecule has 0 unspecified atom stereocenters. The highest BCUT2D eigenvalue weighted by Gasteiger charge is 2.16. The second-order valence-electron chi connectivity index (χ2n) is 3.26. The molecule has 1 aromatic carbocycles. The van der Waals surface area contributed by atoms with Gasteiger partial charge in [-0.2, -0.15) is 0 Å². The van der Waals surface area contributed by atoms with Crippen LogP contribution in [0.4, 0.5) is 0 Å². The maximum absolute atomic E-state index is 11.1. The molecule has 3 heteroatoms. The number of hydrogen-bond acceptors (Lipinski definition) is 2. The van der Waals surface area contributed by atoms with Gasteiger partial charge in [-0.1, -0.05) is 24.3 Å². The highest BCUT2D eigenvalue weighted by Crippen LogP contribution is 2.22. The van der Waals surface area contributed by atoms with E-state index in [4.69, 9.17) is 9.84 Å². The van der Waals surface area contributed by atoms with E-state index in [-0.39, 0.29) is 5.57 Å². The van der Waals surface area contributed by atoms with Crippen LogP contribution in [0.1, 0.15) is 18.1 Å². The number of benzene rings is 1. The number of aryl methyl sites for hydroxylation is 1. The van der Waals surface area contributed by atoms with Crippen molar-refractivity contribution in [1.82, 2.24) is 0 Å². The molecule has 0 radical (unpaired) electrons. The van der Waals surface area contributed by atoms with E-state index < -0.39 is 5.97 Å². The Morgan fingerprint density at radius 3 is 2.40 bits per heavy atom. The molecule has 0 aromatic heterocycles. The predicted octanol–water partition coefficient (Wildman–Crippen LogP) is 2.46. The summed E-state index contributed by atoms with van der Waals surface area (Å²) in [5.74, 6) is -0.555. The first kappa shape index (κ1) is 11.3. The van der Waals surface area contributed by atoms with E-state index in [9.17, 15) is 4.79 Å². The molecular weight excluding hydrogens is 192 g/mol. The first-order valence-corrected chi connectivity index (χ1v) is 4.62. The van der Waals surface area contributed by atoms with E-state index >= 15 is 0 Å². The molecule has 1 rings (SSSR count). The Hall–Kier alpha value is -1.77. The van der Waals surface area contributed by atoms with Gasteiger partial charge in [0.1, 0.15) is 11.3 Å². The molecular formula is C12H14O3. The Balaban J connectivity index is 3.36. The van der Waals surface area contributed by atoms with Crippen LogP contribution in [-0.2, 0) is 9.53 Å². The summed E-state index contributed by atoms with van der Waals surface area (Å²) < 4.78 is 4.98. The van der Waals surface area contributed by atoms with Gasteiger partial charge < -0.3 is 9.84 Å². The number of carboxylic acids is 1. The topological polar surface area (TPSA) is 46.5 Å². The number of methoxy groups -OCH3 is 1. The molecule has 0 aliphatic heterocycles. The molecule has 0 saturated carbocycles. The van der Waals surface area contributed by atoms with Gasteiger partial charge in [-0.25, -0.2) is 4.79 Å². The van der Waals surface area contributed by atoms with Crippen molar-refractivity contribution in [3.05, 3.63) is 41.2 Å². The number of allylic oxidation sites excluding steroid dienone is 1. The van der Waals surface area contributed by atoms with Crippen molar-refractivity contribution in [1.29, 1.82) is 0 Å². The Morgan fingerprint density at radius 2 is 1.93 bits per heavy atom. The monoisotopic (exact) mass is 206 g/mol. The van der Waals surface area contributed by atoms with E-state index in [0.717, 1.165) is 5.56 Å². The van der Waals surface area contributed by atoms with Gasteiger partial charge in [0, 0.05) is 0 Å². The molecule has 1 aromatic rings. The molecule has 0 aliphatic rings. The highest BCUT2D eigenvalue weighted by atomic mass is 16.5. The average Bonchev–Trinajstić information content (AvgIpc) is 2.20. The standard InChI is InChI=1S/C12H14O3/c1-8-6-4-5-7-10(8)11(12(13)14)9(2)15-3/h4-7H,1-3H3,(H,13,14). The highest BCUT2D eigenvalue weighted by molar-refractivity contribution is 6.16. The molecule has 15 heavy (non-hydrogen) atoms. The van der Waals surface area contributed by atoms with Crippen molar-refractivity contribution >= 4 is 11.5 Å². The number of carboxylic acid groups (broad SMARTS) is 1. The zero-order valence-corrected chi connectivity index (χ0v) is 9.07. The predicted molar refractivity (Wildman–Crippen MR) is 58.4 cm³/mol. The summed E-state index contributed by atoms with van der Waals surface area (Å²) >= 11 is 0. The minimum absolute atomic E-state index is 0.218. The lowest BCUT2D eigenvalue weighted by molar-refractivity contribution is -0.130. The molecule has 0 atom stereocenters. The van der Waals surface area contributed by atoms with E-state index in [1.807, 2.05) is 25.1 Å². The van der Waals surface area contributed by atoms with Crippen molar-refractivity contribution in [2.75, 3.05) is 7.11 Å². The van der Waals surface area contributed by atoms with Gasteiger partial charge in [0.25, 0.3) is 0 Å². The molecule has 0 fully saturated rings. The molecule has 0 bridgehead atoms. The van der Waals surface area contributed by atoms with Gasteiger partial charge in [-0.05, 0) is 25.0 Å². The van der Waals surface area contributed by atoms with Gasteiger partial charge in [-0.3, -0.25) is 0 Å². The Morgan fingerprint density at radius 1 is 1.33 bits per heavy atom. The van der Waals surface area contributed by atoms with Gasteiger partial charge in [-0.15, -0.1) is 0 Å². The smallest absolute Gasteiger partial charge is 0.339 e. The van der Waals surface area contributed by atoms with Gasteiger partial charge in [0.15, 0.2) is 0 Å². The maximum Gasteiger partial charge on any atom is 0.339 e. The van der Waals surface area contributed by atoms with Crippen LogP contribution in [0, 0.1) is 6.92 Å². The van der Waals surface area contributed by atoms with Crippen molar-refractivity contribution < 1.29 is 14.6 Å². The Bertz CT molecular complexity index is 405. The average molecular weight is 206 g/mol. The molecule has 0 heterocycles. The zero-order chi connectivity index (χ0) is 11.4. The molecule has 0 amide bonds. The number of ether oxygens (including phenoxy) is 1. The lowest BCUT2D eigenvalue weighted by atomic mass is 10.00. The molecule has 1 N–H and O–H groups in total. The third-order valence-electron chi connectivity index (χ3n) is 2.29. The first-order chi connectivity index (χ1) is 7.07. The number of carbonyl (C=O) groups is 1. The number of aliphatic carboxylic acids is 1. The van der Waals surface area contributed by atoms with Crippen molar-refractivity contribution in [3.63, 3.8) is 0 Å². The van der Waals surface area contributed by atoms with Crippen LogP contribution in [0.25, 0.3) is 5.57 Å². The van der Waals surface area contributed by atoms with Crippen LogP contribution in [0.15, 0.2) is 30.0 Å². The van der Waals surface area contributed by atoms with Crippen LogP contribution in [0.2, 0.25) is 0 Å². The SMILES string of the molecule is COC(C)=C(C(=O)O)c1ccccc1C. The van der Waals surface area contributed by atoms with Crippen LogP contribution >= 0.6 is 0 Å². The fourth-order valence-electron chi connectivity index (χ4n) is 1.41. The summed E-state index contributed by atoms with van der Waals surface area (Å²) in [5, 5.41) is 9.11. The van der Waals surface area contributed by atoms with Crippen LogP contribution in [0.3, 0.4) is 0 Å². The van der Waals surface area contributed by atoms with Gasteiger partial charge >= 0.3 is 5.97 Å². The quantitative estimate of drug-likeness (QED) is 0.610. The normalized spacial score (nSPS) is 11.9. The third kappa shape index (κ3) is 2.37. The fraction of sp³-hybridized carbons (Fsp3) is 0.250. The molecule has 0 aliphatic carbocycles. The van der Waals surface area contributed by atoms with E-state index in [0.29, 0.717) is 11.3 Å². The zero-order valence-electron chi connectivity index (χ0n) is 9.07. The fourth-order valence-corrected chi connectivity index (χ4v) is 1.41. The largest absolute Gasteiger partial charge is 0.500 e. The minimum atomic E-state index is -0.969. The lowest BCUT2D eigenvalue weighted by Gasteiger charge is -2.09. The molecule has 0 spiro atoms. The van der Waals surface area contributed by atoms with E-state index in [1.165, 1.54) is 7.11 Å². The lowest BCUT2D eigenvalue weighted by Crippen LogP contribution is -2.05. The summed E-state index contributed by atoms with van der Waals surface area (Å²) in [4.78, 5) is 11.1. The Kier molecular flexibility index (Phi) is 3.50. The first-order valence-electron chi connectivity index (χ1n) is 4.62. The summed E-state index contributed by atoms with van der Waals surface area (Å²) in [7, 11) is 1.47. The maximum atomic E-state index is 11.1. The van der Waals surface area contributed by atoms with Crippen LogP contribution in [-0.4, -0.2) is 18.2 Å². The third-order valence-corrected chi connectivity index (χ3v) is 2.29. The molecule has 3 nitrogen and oxygen atoms in total. The number of hydrogen-bond donors (Lipinski definition) is 1.